The van der Waals surface area contributed by atoms with Crippen LogP contribution in [0.4, 0.5) is 4.79 Å². The number of aliphatic hydroxyl groups is 1. The third-order valence-electron chi connectivity index (χ3n) is 4.56. The number of likely N-dealkylation sites (tertiary alicyclic amines) is 2. The zero-order valence-corrected chi connectivity index (χ0v) is 12.0. The Morgan fingerprint density at radius 2 is 2.00 bits per heavy atom. The summed E-state index contributed by atoms with van der Waals surface area (Å²) in [6.07, 6.45) is 2.78. The number of aliphatic carboxylic acids is 1. The summed E-state index contributed by atoms with van der Waals surface area (Å²) in [6.45, 7) is 4.08. The highest BCUT2D eigenvalue weighted by atomic mass is 16.4. The van der Waals surface area contributed by atoms with Crippen LogP contribution in [-0.2, 0) is 4.79 Å². The summed E-state index contributed by atoms with van der Waals surface area (Å²) in [5.74, 6) is -0.682. The average molecular weight is 284 g/mol. The highest BCUT2D eigenvalue weighted by Crippen LogP contribution is 2.26. The maximum atomic E-state index is 12.5. The van der Waals surface area contributed by atoms with E-state index in [1.165, 1.54) is 0 Å². The van der Waals surface area contributed by atoms with Crippen LogP contribution in [0.2, 0.25) is 0 Å². The van der Waals surface area contributed by atoms with E-state index >= 15 is 0 Å². The molecule has 2 aliphatic rings. The third kappa shape index (κ3) is 3.23. The maximum absolute atomic E-state index is 12.5. The van der Waals surface area contributed by atoms with Crippen LogP contribution < -0.4 is 0 Å². The van der Waals surface area contributed by atoms with E-state index in [-0.39, 0.29) is 24.6 Å². The molecule has 0 aromatic rings. The van der Waals surface area contributed by atoms with Crippen LogP contribution in [0.15, 0.2) is 0 Å². The van der Waals surface area contributed by atoms with Crippen molar-refractivity contribution in [2.75, 3.05) is 26.2 Å². The van der Waals surface area contributed by atoms with Gasteiger partial charge in [0.25, 0.3) is 0 Å². The van der Waals surface area contributed by atoms with Gasteiger partial charge in [-0.05, 0) is 38.5 Å². The van der Waals surface area contributed by atoms with E-state index in [1.807, 2.05) is 11.8 Å². The molecule has 2 saturated heterocycles. The normalized spacial score (nSPS) is 30.6. The zero-order valence-electron chi connectivity index (χ0n) is 12.0. The second-order valence-corrected chi connectivity index (χ2v) is 6.00. The Labute approximate surface area is 119 Å². The van der Waals surface area contributed by atoms with Gasteiger partial charge in [0, 0.05) is 32.3 Å². The number of carboxylic acid groups (broad SMARTS) is 1. The molecular weight excluding hydrogens is 260 g/mol. The monoisotopic (exact) mass is 284 g/mol. The minimum absolute atomic E-state index is 0.0192. The molecule has 3 atom stereocenters. The Kier molecular flexibility index (Phi) is 4.86. The number of carboxylic acids is 1. The lowest BCUT2D eigenvalue weighted by Gasteiger charge is -2.38. The molecule has 2 heterocycles. The molecule has 0 aromatic heterocycles. The van der Waals surface area contributed by atoms with E-state index in [2.05, 4.69) is 0 Å². The van der Waals surface area contributed by atoms with Gasteiger partial charge in [-0.15, -0.1) is 0 Å². The van der Waals surface area contributed by atoms with Crippen LogP contribution in [0.5, 0.6) is 0 Å². The molecule has 0 saturated carbocycles. The fourth-order valence-electron chi connectivity index (χ4n) is 3.29. The minimum atomic E-state index is -0.756. The summed E-state index contributed by atoms with van der Waals surface area (Å²) >= 11 is 0. The van der Waals surface area contributed by atoms with Crippen molar-refractivity contribution in [3.8, 4) is 0 Å². The smallest absolute Gasteiger partial charge is 0.320 e. The van der Waals surface area contributed by atoms with E-state index in [9.17, 15) is 9.59 Å². The molecule has 2 rings (SSSR count). The van der Waals surface area contributed by atoms with Gasteiger partial charge in [0.15, 0.2) is 0 Å². The summed E-state index contributed by atoms with van der Waals surface area (Å²) in [6, 6.07) is 0.0102. The first-order valence-corrected chi connectivity index (χ1v) is 7.42. The number of aliphatic hydroxyl groups excluding tert-OH is 1. The van der Waals surface area contributed by atoms with Crippen LogP contribution in [0, 0.1) is 11.8 Å². The fraction of sp³-hybridized carbons (Fsp3) is 0.857. The van der Waals surface area contributed by atoms with Gasteiger partial charge in [0.2, 0.25) is 0 Å². The lowest BCUT2D eigenvalue weighted by atomic mass is 9.92. The van der Waals surface area contributed by atoms with Crippen LogP contribution in [0.25, 0.3) is 0 Å². The number of rotatable bonds is 3. The minimum Gasteiger partial charge on any atom is -0.481 e. The number of amides is 2. The average Bonchev–Trinajstić information content (AvgIpc) is 2.87. The van der Waals surface area contributed by atoms with Crippen molar-refractivity contribution in [1.29, 1.82) is 0 Å². The standard InChI is InChI=1S/C14H24N2O4/c1-10-8-12(13(18)19)3-6-16(10)14(20)15-5-2-11(9-15)4-7-17/h10-12,17H,2-9H2,1H3,(H,18,19). The Morgan fingerprint density at radius 1 is 1.25 bits per heavy atom. The second kappa shape index (κ2) is 6.43. The molecule has 0 bridgehead atoms. The molecule has 0 spiro atoms. The lowest BCUT2D eigenvalue weighted by Crippen LogP contribution is -2.51. The molecule has 0 aliphatic carbocycles. The predicted octanol–water partition coefficient (Wildman–Crippen LogP) is 0.996. The second-order valence-electron chi connectivity index (χ2n) is 6.00. The molecule has 2 fully saturated rings. The van der Waals surface area contributed by atoms with E-state index in [0.29, 0.717) is 31.8 Å². The Bertz CT molecular complexity index is 374. The number of nitrogens with zero attached hydrogens (tertiary/aromatic N) is 2. The van der Waals surface area contributed by atoms with E-state index in [4.69, 9.17) is 10.2 Å². The highest BCUT2D eigenvalue weighted by Gasteiger charge is 2.36. The van der Waals surface area contributed by atoms with Crippen LogP contribution >= 0.6 is 0 Å². The predicted molar refractivity (Wildman–Crippen MR) is 73.3 cm³/mol. The highest BCUT2D eigenvalue weighted by molar-refractivity contribution is 5.76. The lowest BCUT2D eigenvalue weighted by molar-refractivity contribution is -0.143. The van der Waals surface area contributed by atoms with Crippen molar-refractivity contribution in [1.82, 2.24) is 9.80 Å². The molecule has 2 N–H and O–H groups in total. The molecule has 6 nitrogen and oxygen atoms in total. The van der Waals surface area contributed by atoms with Gasteiger partial charge < -0.3 is 20.0 Å². The number of carbonyl (C=O) groups excluding carboxylic acids is 1. The SMILES string of the molecule is CC1CC(C(=O)O)CCN1C(=O)N1CCC(CCO)C1. The van der Waals surface area contributed by atoms with Gasteiger partial charge in [-0.3, -0.25) is 4.79 Å². The summed E-state index contributed by atoms with van der Waals surface area (Å²) < 4.78 is 0. The number of urea groups is 1. The first-order valence-electron chi connectivity index (χ1n) is 7.42. The van der Waals surface area contributed by atoms with Gasteiger partial charge in [-0.25, -0.2) is 4.79 Å². The molecule has 0 aromatic carbocycles. The zero-order chi connectivity index (χ0) is 14.7. The van der Waals surface area contributed by atoms with Crippen LogP contribution in [-0.4, -0.2) is 64.3 Å². The topological polar surface area (TPSA) is 81.1 Å². The molecule has 3 unspecified atom stereocenters. The largest absolute Gasteiger partial charge is 0.481 e. The first kappa shape index (κ1) is 15.1. The number of piperidine rings is 1. The third-order valence-corrected chi connectivity index (χ3v) is 4.56. The maximum Gasteiger partial charge on any atom is 0.320 e. The first-order chi connectivity index (χ1) is 9.52. The number of carbonyl (C=O) groups is 2. The summed E-state index contributed by atoms with van der Waals surface area (Å²) in [5, 5.41) is 18.0. The van der Waals surface area contributed by atoms with Crippen molar-refractivity contribution in [3.63, 3.8) is 0 Å². The van der Waals surface area contributed by atoms with Crippen LogP contribution in [0.3, 0.4) is 0 Å². The molecule has 114 valence electrons. The van der Waals surface area contributed by atoms with Crippen molar-refractivity contribution >= 4 is 12.0 Å². The van der Waals surface area contributed by atoms with Gasteiger partial charge in [0.1, 0.15) is 0 Å². The van der Waals surface area contributed by atoms with Crippen molar-refractivity contribution in [2.24, 2.45) is 11.8 Å². The van der Waals surface area contributed by atoms with Crippen molar-refractivity contribution in [2.45, 2.75) is 38.6 Å². The van der Waals surface area contributed by atoms with Crippen LogP contribution in [0.1, 0.15) is 32.6 Å². The van der Waals surface area contributed by atoms with E-state index in [1.54, 1.807) is 4.90 Å². The Hall–Kier alpha value is -1.30. The fourth-order valence-corrected chi connectivity index (χ4v) is 3.29. The Morgan fingerprint density at radius 3 is 2.60 bits per heavy atom. The number of hydrogen-bond donors (Lipinski definition) is 2. The van der Waals surface area contributed by atoms with Crippen molar-refractivity contribution < 1.29 is 19.8 Å². The van der Waals surface area contributed by atoms with Gasteiger partial charge in [-0.2, -0.15) is 0 Å². The van der Waals surface area contributed by atoms with Crippen molar-refractivity contribution in [3.05, 3.63) is 0 Å². The molecule has 0 radical (unpaired) electrons. The summed E-state index contributed by atoms with van der Waals surface area (Å²) in [7, 11) is 0. The molecule has 2 aliphatic heterocycles. The number of hydrogen-bond acceptors (Lipinski definition) is 3. The summed E-state index contributed by atoms with van der Waals surface area (Å²) in [4.78, 5) is 27.1. The molecule has 2 amide bonds. The van der Waals surface area contributed by atoms with Gasteiger partial charge in [0.05, 0.1) is 5.92 Å². The van der Waals surface area contributed by atoms with E-state index in [0.717, 1.165) is 19.4 Å². The Balaban J connectivity index is 1.89. The van der Waals surface area contributed by atoms with Gasteiger partial charge in [-0.1, -0.05) is 0 Å². The molecular formula is C14H24N2O4. The van der Waals surface area contributed by atoms with E-state index < -0.39 is 5.97 Å². The quantitative estimate of drug-likeness (QED) is 0.810. The van der Waals surface area contributed by atoms with Gasteiger partial charge >= 0.3 is 12.0 Å². The molecule has 20 heavy (non-hydrogen) atoms. The summed E-state index contributed by atoms with van der Waals surface area (Å²) in [5.41, 5.74) is 0. The molecule has 6 heteroatoms.